The van der Waals surface area contributed by atoms with Crippen LogP contribution in [0.2, 0.25) is 0 Å². The number of carbonyl (C=O) groups excluding carboxylic acids is 1. The van der Waals surface area contributed by atoms with Crippen molar-refractivity contribution in [2.45, 2.75) is 26.2 Å². The van der Waals surface area contributed by atoms with Crippen molar-refractivity contribution in [2.24, 2.45) is 0 Å². The topological polar surface area (TPSA) is 47.6 Å². The third-order valence-corrected chi connectivity index (χ3v) is 3.64. The van der Waals surface area contributed by atoms with Gasteiger partial charge in [-0.15, -0.1) is 0 Å². The summed E-state index contributed by atoms with van der Waals surface area (Å²) >= 11 is 0. The first-order chi connectivity index (χ1) is 11.2. The zero-order valence-electron chi connectivity index (χ0n) is 13.9. The molecule has 0 aliphatic heterocycles. The lowest BCUT2D eigenvalue weighted by Gasteiger charge is -2.10. The summed E-state index contributed by atoms with van der Waals surface area (Å²) < 4.78 is 10.4. The molecule has 23 heavy (non-hydrogen) atoms. The van der Waals surface area contributed by atoms with E-state index in [4.69, 9.17) is 9.47 Å². The molecule has 0 bridgehead atoms. The number of aryl methyl sites for hydroxylation is 1. The van der Waals surface area contributed by atoms with Crippen LogP contribution in [0.15, 0.2) is 42.5 Å². The van der Waals surface area contributed by atoms with Crippen LogP contribution in [0, 0.1) is 0 Å². The van der Waals surface area contributed by atoms with Crippen LogP contribution < -0.4 is 14.8 Å². The molecule has 2 aromatic carbocycles. The first-order valence-corrected chi connectivity index (χ1v) is 7.79. The third-order valence-electron chi connectivity index (χ3n) is 3.64. The van der Waals surface area contributed by atoms with Crippen LogP contribution >= 0.6 is 0 Å². The third kappa shape index (κ3) is 4.74. The van der Waals surface area contributed by atoms with E-state index in [-0.39, 0.29) is 5.91 Å². The molecule has 2 aromatic rings. The van der Waals surface area contributed by atoms with E-state index in [2.05, 4.69) is 24.4 Å². The van der Waals surface area contributed by atoms with Crippen molar-refractivity contribution >= 4 is 11.6 Å². The highest BCUT2D eigenvalue weighted by atomic mass is 16.5. The minimum absolute atomic E-state index is 0.191. The van der Waals surface area contributed by atoms with Gasteiger partial charge in [-0.3, -0.25) is 4.79 Å². The second kappa shape index (κ2) is 8.22. The number of benzene rings is 2. The predicted molar refractivity (Wildman–Crippen MR) is 92.6 cm³/mol. The lowest BCUT2D eigenvalue weighted by molar-refractivity contribution is 0.102. The number of rotatable bonds is 7. The molecule has 4 nitrogen and oxygen atoms in total. The molecule has 0 unspecified atom stereocenters. The summed E-state index contributed by atoms with van der Waals surface area (Å²) in [4.78, 5) is 12.4. The van der Waals surface area contributed by atoms with Gasteiger partial charge in [0, 0.05) is 17.3 Å². The van der Waals surface area contributed by atoms with Gasteiger partial charge < -0.3 is 14.8 Å². The maximum Gasteiger partial charge on any atom is 0.255 e. The molecule has 0 aliphatic rings. The molecule has 0 radical (unpaired) electrons. The van der Waals surface area contributed by atoms with Gasteiger partial charge >= 0.3 is 0 Å². The van der Waals surface area contributed by atoms with Crippen molar-refractivity contribution in [3.63, 3.8) is 0 Å². The quantitative estimate of drug-likeness (QED) is 0.829. The zero-order valence-corrected chi connectivity index (χ0v) is 13.9. The zero-order chi connectivity index (χ0) is 16.7. The number of methoxy groups -OCH3 is 2. The maximum absolute atomic E-state index is 12.4. The lowest BCUT2D eigenvalue weighted by Crippen LogP contribution is -2.12. The molecule has 0 atom stereocenters. The lowest BCUT2D eigenvalue weighted by atomic mass is 10.1. The van der Waals surface area contributed by atoms with Crippen molar-refractivity contribution in [1.82, 2.24) is 0 Å². The molecule has 122 valence electrons. The van der Waals surface area contributed by atoms with E-state index in [0.29, 0.717) is 17.1 Å². The van der Waals surface area contributed by atoms with E-state index in [1.165, 1.54) is 18.4 Å². The number of nitrogens with one attached hydrogen (secondary N) is 1. The van der Waals surface area contributed by atoms with Crippen molar-refractivity contribution in [3.05, 3.63) is 53.6 Å². The second-order valence-electron chi connectivity index (χ2n) is 5.36. The molecular formula is C19H23NO3. The molecule has 0 aromatic heterocycles. The van der Waals surface area contributed by atoms with E-state index in [9.17, 15) is 4.79 Å². The van der Waals surface area contributed by atoms with E-state index in [1.54, 1.807) is 32.4 Å². The van der Waals surface area contributed by atoms with Crippen molar-refractivity contribution in [1.29, 1.82) is 0 Å². The van der Waals surface area contributed by atoms with Gasteiger partial charge in [-0.25, -0.2) is 0 Å². The van der Waals surface area contributed by atoms with E-state index < -0.39 is 0 Å². The fourth-order valence-corrected chi connectivity index (χ4v) is 2.28. The Morgan fingerprint density at radius 2 is 1.61 bits per heavy atom. The number of ether oxygens (including phenoxy) is 2. The summed E-state index contributed by atoms with van der Waals surface area (Å²) in [6, 6.07) is 13.1. The minimum Gasteiger partial charge on any atom is -0.497 e. The summed E-state index contributed by atoms with van der Waals surface area (Å²) in [5.41, 5.74) is 2.56. The van der Waals surface area contributed by atoms with E-state index in [1.807, 2.05) is 12.1 Å². The first kappa shape index (κ1) is 16.9. The van der Waals surface area contributed by atoms with Crippen LogP contribution in [-0.4, -0.2) is 20.1 Å². The van der Waals surface area contributed by atoms with Gasteiger partial charge in [-0.2, -0.15) is 0 Å². The number of anilines is 1. The summed E-state index contributed by atoms with van der Waals surface area (Å²) in [5, 5.41) is 2.89. The van der Waals surface area contributed by atoms with Crippen LogP contribution in [0.1, 0.15) is 35.7 Å². The normalized spacial score (nSPS) is 10.2. The summed E-state index contributed by atoms with van der Waals surface area (Å²) in [5.74, 6) is 0.984. The molecule has 1 N–H and O–H groups in total. The van der Waals surface area contributed by atoms with E-state index >= 15 is 0 Å². The first-order valence-electron chi connectivity index (χ1n) is 7.79. The molecule has 4 heteroatoms. The van der Waals surface area contributed by atoms with Gasteiger partial charge in [0.15, 0.2) is 0 Å². The molecule has 2 rings (SSSR count). The molecule has 0 heterocycles. The highest BCUT2D eigenvalue weighted by Gasteiger charge is 2.10. The smallest absolute Gasteiger partial charge is 0.255 e. The fourth-order valence-electron chi connectivity index (χ4n) is 2.28. The molecule has 0 aliphatic carbocycles. The predicted octanol–water partition coefficient (Wildman–Crippen LogP) is 4.30. The Morgan fingerprint density at radius 1 is 1.00 bits per heavy atom. The number of carbonyl (C=O) groups is 1. The van der Waals surface area contributed by atoms with Gasteiger partial charge in [-0.1, -0.05) is 25.5 Å². The summed E-state index contributed by atoms with van der Waals surface area (Å²) in [7, 11) is 3.12. The molecule has 1 amide bonds. The van der Waals surface area contributed by atoms with Gasteiger partial charge in [0.2, 0.25) is 0 Å². The second-order valence-corrected chi connectivity index (χ2v) is 5.36. The van der Waals surface area contributed by atoms with Crippen LogP contribution in [-0.2, 0) is 6.42 Å². The number of hydrogen-bond acceptors (Lipinski definition) is 3. The van der Waals surface area contributed by atoms with Crippen molar-refractivity contribution in [2.75, 3.05) is 19.5 Å². The Morgan fingerprint density at radius 3 is 2.13 bits per heavy atom. The number of unbranched alkanes of at least 4 members (excludes halogenated alkanes) is 1. The Labute approximate surface area is 137 Å². The van der Waals surface area contributed by atoms with Crippen LogP contribution in [0.25, 0.3) is 0 Å². The molecule has 0 saturated heterocycles. The largest absolute Gasteiger partial charge is 0.497 e. The fraction of sp³-hybridized carbons (Fsp3) is 0.316. The summed E-state index contributed by atoms with van der Waals surface area (Å²) in [6.07, 6.45) is 3.42. The average Bonchev–Trinajstić information content (AvgIpc) is 2.60. The standard InChI is InChI=1S/C19H23NO3/c1-4-5-6-14-7-9-16(10-8-14)20-19(21)15-11-17(22-2)13-18(12-15)23-3/h7-13H,4-6H2,1-3H3,(H,20,21). The average molecular weight is 313 g/mol. The van der Waals surface area contributed by atoms with Crippen LogP contribution in [0.5, 0.6) is 11.5 Å². The van der Waals surface area contributed by atoms with Gasteiger partial charge in [0.25, 0.3) is 5.91 Å². The monoisotopic (exact) mass is 313 g/mol. The Kier molecular flexibility index (Phi) is 6.03. The molecule has 0 spiro atoms. The minimum atomic E-state index is -0.191. The van der Waals surface area contributed by atoms with Crippen molar-refractivity contribution in [3.8, 4) is 11.5 Å². The highest BCUT2D eigenvalue weighted by Crippen LogP contribution is 2.23. The summed E-state index contributed by atoms with van der Waals surface area (Å²) in [6.45, 7) is 2.18. The van der Waals surface area contributed by atoms with Crippen LogP contribution in [0.4, 0.5) is 5.69 Å². The number of amides is 1. The highest BCUT2D eigenvalue weighted by molar-refractivity contribution is 6.04. The SMILES string of the molecule is CCCCc1ccc(NC(=O)c2cc(OC)cc(OC)c2)cc1. The Balaban J connectivity index is 2.09. The molecular weight excluding hydrogens is 290 g/mol. The van der Waals surface area contributed by atoms with Gasteiger partial charge in [0.05, 0.1) is 14.2 Å². The van der Waals surface area contributed by atoms with Gasteiger partial charge in [-0.05, 0) is 42.7 Å². The Bertz CT molecular complexity index is 628. The van der Waals surface area contributed by atoms with Crippen molar-refractivity contribution < 1.29 is 14.3 Å². The Hall–Kier alpha value is -2.49. The maximum atomic E-state index is 12.4. The van der Waals surface area contributed by atoms with E-state index in [0.717, 1.165) is 12.1 Å². The molecule has 0 fully saturated rings. The van der Waals surface area contributed by atoms with Crippen LogP contribution in [0.3, 0.4) is 0 Å². The molecule has 0 saturated carbocycles. The number of hydrogen-bond donors (Lipinski definition) is 1. The van der Waals surface area contributed by atoms with Gasteiger partial charge in [0.1, 0.15) is 11.5 Å².